The average Bonchev–Trinajstić information content (AvgIpc) is 2.41. The molecule has 108 valence electrons. The van der Waals surface area contributed by atoms with Crippen molar-refractivity contribution in [2.45, 2.75) is 6.04 Å². The Bertz CT molecular complexity index is 428. The second-order valence-electron chi connectivity index (χ2n) is 4.33. The number of alkyl halides is 1. The molecular formula is C12H18ClFN2O3. The minimum absolute atomic E-state index is 0. The second-order valence-corrected chi connectivity index (χ2v) is 4.33. The Morgan fingerprint density at radius 2 is 1.79 bits per heavy atom. The Hall–Kier alpha value is -1.24. The molecule has 0 amide bonds. The third-order valence-corrected chi connectivity index (χ3v) is 3.26. The molecule has 0 aliphatic carbocycles. The van der Waals surface area contributed by atoms with Crippen LogP contribution in [0.5, 0.6) is 17.2 Å². The number of rotatable bonds is 3. The lowest BCUT2D eigenvalue weighted by Crippen LogP contribution is -2.45. The van der Waals surface area contributed by atoms with Gasteiger partial charge in [0.15, 0.2) is 11.5 Å². The van der Waals surface area contributed by atoms with Gasteiger partial charge >= 0.3 is 0 Å². The standard InChI is InChI=1S/C12H17FN2O3.ClH/c13-7-9(15-5-3-14-4-6-15)8-1-2-10(16)12(18)11(8)17;/h1-2,9,14,16-18H,3-7H2;1H/t9-;/m1./s1. The van der Waals surface area contributed by atoms with Gasteiger partial charge in [0.2, 0.25) is 5.75 Å². The minimum Gasteiger partial charge on any atom is -0.504 e. The molecule has 1 aromatic carbocycles. The van der Waals surface area contributed by atoms with Gasteiger partial charge in [0, 0.05) is 31.7 Å². The van der Waals surface area contributed by atoms with Gasteiger partial charge in [-0.15, -0.1) is 12.4 Å². The van der Waals surface area contributed by atoms with E-state index in [1.807, 2.05) is 4.90 Å². The Kier molecular flexibility index (Phi) is 5.65. The zero-order valence-electron chi connectivity index (χ0n) is 10.3. The molecule has 5 nitrogen and oxygen atoms in total. The third kappa shape index (κ3) is 3.20. The maximum absolute atomic E-state index is 13.2. The molecule has 4 N–H and O–H groups in total. The van der Waals surface area contributed by atoms with Crippen molar-refractivity contribution in [2.24, 2.45) is 0 Å². The van der Waals surface area contributed by atoms with Crippen molar-refractivity contribution >= 4 is 12.4 Å². The summed E-state index contributed by atoms with van der Waals surface area (Å²) < 4.78 is 13.2. The lowest BCUT2D eigenvalue weighted by atomic mass is 10.0. The molecule has 1 aliphatic heterocycles. The summed E-state index contributed by atoms with van der Waals surface area (Å²) in [5.41, 5.74) is 0.301. The first-order valence-electron chi connectivity index (χ1n) is 5.89. The number of hydrogen-bond acceptors (Lipinski definition) is 5. The van der Waals surface area contributed by atoms with Gasteiger partial charge in [0.25, 0.3) is 0 Å². The maximum atomic E-state index is 13.2. The quantitative estimate of drug-likeness (QED) is 0.629. The van der Waals surface area contributed by atoms with Crippen LogP contribution in [0.4, 0.5) is 4.39 Å². The molecule has 0 radical (unpaired) electrons. The average molecular weight is 293 g/mol. The molecule has 1 aliphatic rings. The Morgan fingerprint density at radius 1 is 1.16 bits per heavy atom. The first-order valence-corrected chi connectivity index (χ1v) is 5.89. The second kappa shape index (κ2) is 6.79. The number of nitrogens with zero attached hydrogens (tertiary/aromatic N) is 1. The summed E-state index contributed by atoms with van der Waals surface area (Å²) in [6, 6.07) is 2.10. The summed E-state index contributed by atoms with van der Waals surface area (Å²) in [7, 11) is 0. The highest BCUT2D eigenvalue weighted by Crippen LogP contribution is 2.41. The maximum Gasteiger partial charge on any atom is 0.200 e. The first kappa shape index (κ1) is 15.8. The van der Waals surface area contributed by atoms with Crippen LogP contribution in [0, 0.1) is 0 Å². The van der Waals surface area contributed by atoms with E-state index in [0.29, 0.717) is 18.7 Å². The van der Waals surface area contributed by atoms with Gasteiger partial charge in [0.05, 0.1) is 6.04 Å². The molecule has 7 heteroatoms. The molecule has 1 heterocycles. The summed E-state index contributed by atoms with van der Waals surface area (Å²) >= 11 is 0. The fourth-order valence-electron chi connectivity index (χ4n) is 2.22. The number of nitrogens with one attached hydrogen (secondary N) is 1. The molecule has 2 rings (SSSR count). The third-order valence-electron chi connectivity index (χ3n) is 3.26. The van der Waals surface area contributed by atoms with Crippen LogP contribution in [0.25, 0.3) is 0 Å². The van der Waals surface area contributed by atoms with E-state index in [4.69, 9.17) is 0 Å². The summed E-state index contributed by atoms with van der Waals surface area (Å²) in [5.74, 6) is -1.45. The van der Waals surface area contributed by atoms with Gasteiger partial charge in [-0.3, -0.25) is 4.90 Å². The summed E-state index contributed by atoms with van der Waals surface area (Å²) in [5, 5.41) is 31.7. The lowest BCUT2D eigenvalue weighted by molar-refractivity contribution is 0.144. The van der Waals surface area contributed by atoms with E-state index in [0.717, 1.165) is 13.1 Å². The SMILES string of the molecule is Cl.Oc1ccc([C@@H](CF)N2CCNCC2)c(O)c1O. The van der Waals surface area contributed by atoms with Crippen LogP contribution in [0.3, 0.4) is 0 Å². The minimum atomic E-state index is -0.655. The highest BCUT2D eigenvalue weighted by Gasteiger charge is 2.26. The molecule has 0 spiro atoms. The van der Waals surface area contributed by atoms with Crippen LogP contribution in [0.2, 0.25) is 0 Å². The zero-order chi connectivity index (χ0) is 13.1. The molecular weight excluding hydrogens is 275 g/mol. The Balaban J connectivity index is 0.00000180. The highest BCUT2D eigenvalue weighted by atomic mass is 35.5. The van der Waals surface area contributed by atoms with Gasteiger partial charge in [-0.25, -0.2) is 4.39 Å². The van der Waals surface area contributed by atoms with E-state index in [-0.39, 0.29) is 12.4 Å². The van der Waals surface area contributed by atoms with E-state index in [1.54, 1.807) is 0 Å². The molecule has 0 saturated carbocycles. The van der Waals surface area contributed by atoms with Crippen molar-refractivity contribution in [1.82, 2.24) is 10.2 Å². The Morgan fingerprint density at radius 3 is 2.37 bits per heavy atom. The van der Waals surface area contributed by atoms with Gasteiger partial charge < -0.3 is 20.6 Å². The van der Waals surface area contributed by atoms with Crippen molar-refractivity contribution in [2.75, 3.05) is 32.9 Å². The van der Waals surface area contributed by atoms with Crippen molar-refractivity contribution in [3.05, 3.63) is 17.7 Å². The van der Waals surface area contributed by atoms with E-state index < -0.39 is 30.0 Å². The van der Waals surface area contributed by atoms with Crippen molar-refractivity contribution in [3.8, 4) is 17.2 Å². The van der Waals surface area contributed by atoms with Gasteiger partial charge in [-0.2, -0.15) is 0 Å². The van der Waals surface area contributed by atoms with E-state index in [1.165, 1.54) is 12.1 Å². The molecule has 1 aromatic rings. The van der Waals surface area contributed by atoms with Crippen LogP contribution in [0.1, 0.15) is 11.6 Å². The van der Waals surface area contributed by atoms with Crippen LogP contribution in [-0.2, 0) is 0 Å². The normalized spacial score (nSPS) is 17.7. The van der Waals surface area contributed by atoms with E-state index >= 15 is 0 Å². The number of benzene rings is 1. The fraction of sp³-hybridized carbons (Fsp3) is 0.500. The summed E-state index contributed by atoms with van der Waals surface area (Å²) in [4.78, 5) is 1.90. The van der Waals surface area contributed by atoms with Crippen LogP contribution >= 0.6 is 12.4 Å². The summed E-state index contributed by atoms with van der Waals surface area (Å²) in [6.45, 7) is 2.23. The lowest BCUT2D eigenvalue weighted by Gasteiger charge is -2.33. The van der Waals surface area contributed by atoms with Crippen molar-refractivity contribution in [3.63, 3.8) is 0 Å². The number of aromatic hydroxyl groups is 3. The highest BCUT2D eigenvalue weighted by molar-refractivity contribution is 5.85. The monoisotopic (exact) mass is 292 g/mol. The number of halogens is 2. The first-order chi connectivity index (χ1) is 8.65. The molecule has 1 fully saturated rings. The number of phenols is 3. The van der Waals surface area contributed by atoms with Crippen LogP contribution in [-0.4, -0.2) is 53.1 Å². The molecule has 0 aromatic heterocycles. The van der Waals surface area contributed by atoms with Crippen molar-refractivity contribution < 1.29 is 19.7 Å². The zero-order valence-corrected chi connectivity index (χ0v) is 11.2. The topological polar surface area (TPSA) is 76.0 Å². The molecule has 19 heavy (non-hydrogen) atoms. The summed E-state index contributed by atoms with van der Waals surface area (Å²) in [6.07, 6.45) is 0. The molecule has 0 bridgehead atoms. The number of piperazine rings is 1. The van der Waals surface area contributed by atoms with Gasteiger partial charge in [-0.1, -0.05) is 0 Å². The largest absolute Gasteiger partial charge is 0.504 e. The van der Waals surface area contributed by atoms with E-state index in [9.17, 15) is 19.7 Å². The Labute approximate surface area is 117 Å². The van der Waals surface area contributed by atoms with Crippen LogP contribution < -0.4 is 5.32 Å². The molecule has 1 atom stereocenters. The fourth-order valence-corrected chi connectivity index (χ4v) is 2.22. The molecule has 0 unspecified atom stereocenters. The van der Waals surface area contributed by atoms with Gasteiger partial charge in [-0.05, 0) is 12.1 Å². The van der Waals surface area contributed by atoms with Crippen LogP contribution in [0.15, 0.2) is 12.1 Å². The van der Waals surface area contributed by atoms with Gasteiger partial charge in [0.1, 0.15) is 6.67 Å². The predicted octanol–water partition coefficient (Wildman–Crippen LogP) is 1.14. The van der Waals surface area contributed by atoms with E-state index in [2.05, 4.69) is 5.32 Å². The smallest absolute Gasteiger partial charge is 0.200 e. The predicted molar refractivity (Wildman–Crippen MR) is 71.8 cm³/mol. The number of phenolic OH excluding ortho intramolecular Hbond substituents is 3. The molecule has 1 saturated heterocycles. The number of hydrogen-bond donors (Lipinski definition) is 4. The van der Waals surface area contributed by atoms with Crippen molar-refractivity contribution in [1.29, 1.82) is 0 Å².